The van der Waals surface area contributed by atoms with Crippen molar-refractivity contribution in [3.63, 3.8) is 0 Å². The highest BCUT2D eigenvalue weighted by Crippen LogP contribution is 2.36. The van der Waals surface area contributed by atoms with Crippen LogP contribution in [0.25, 0.3) is 0 Å². The quantitative estimate of drug-likeness (QED) is 0.616. The van der Waals surface area contributed by atoms with Gasteiger partial charge in [-0.25, -0.2) is 4.79 Å². The van der Waals surface area contributed by atoms with Crippen LogP contribution in [-0.2, 0) is 13.1 Å². The van der Waals surface area contributed by atoms with Gasteiger partial charge in [0.2, 0.25) is 0 Å². The van der Waals surface area contributed by atoms with Crippen molar-refractivity contribution in [1.29, 1.82) is 0 Å². The molecule has 0 amide bonds. The van der Waals surface area contributed by atoms with Gasteiger partial charge in [-0.3, -0.25) is 0 Å². The lowest BCUT2D eigenvalue weighted by Crippen LogP contribution is -2.13. The van der Waals surface area contributed by atoms with Gasteiger partial charge in [-0.15, -0.1) is 0 Å². The first-order valence-electron chi connectivity index (χ1n) is 7.68. The topological polar surface area (TPSA) is 67.8 Å². The van der Waals surface area contributed by atoms with Crippen molar-refractivity contribution in [2.45, 2.75) is 13.1 Å². The van der Waals surface area contributed by atoms with Gasteiger partial charge in [-0.05, 0) is 51.3 Å². The van der Waals surface area contributed by atoms with E-state index in [0.29, 0.717) is 31.2 Å². The Morgan fingerprint density at radius 1 is 1.24 bits per heavy atom. The predicted octanol–water partition coefficient (Wildman–Crippen LogP) is 4.01. The number of hydrogen-bond donors (Lipinski definition) is 2. The molecule has 0 atom stereocenters. The molecule has 6 heteroatoms. The molecule has 2 aromatic rings. The third-order valence-corrected chi connectivity index (χ3v) is 4.08. The van der Waals surface area contributed by atoms with Crippen LogP contribution in [-0.4, -0.2) is 24.8 Å². The molecule has 0 aromatic heterocycles. The van der Waals surface area contributed by atoms with Crippen LogP contribution in [0.4, 0.5) is 0 Å². The number of aromatic carboxylic acids is 1. The molecule has 0 radical (unpaired) electrons. The number of halogens is 1. The first-order valence-corrected chi connectivity index (χ1v) is 8.47. The molecule has 0 bridgehead atoms. The Balaban J connectivity index is 1.99. The monoisotopic (exact) mass is 405 g/mol. The van der Waals surface area contributed by atoms with Crippen molar-refractivity contribution in [1.82, 2.24) is 5.32 Å². The second-order valence-corrected chi connectivity index (χ2v) is 6.17. The summed E-state index contributed by atoms with van der Waals surface area (Å²) in [5.74, 6) is 0.379. The van der Waals surface area contributed by atoms with Gasteiger partial charge in [0.25, 0.3) is 0 Å². The van der Waals surface area contributed by atoms with Crippen molar-refractivity contribution in [2.24, 2.45) is 0 Å². The van der Waals surface area contributed by atoms with Crippen LogP contribution in [0.3, 0.4) is 0 Å². The fraction of sp³-hybridized carbons (Fsp3) is 0.211. The number of carboxylic acid groups (broad SMARTS) is 1. The van der Waals surface area contributed by atoms with Crippen LogP contribution in [0.15, 0.2) is 53.5 Å². The van der Waals surface area contributed by atoms with Gasteiger partial charge in [-0.2, -0.15) is 0 Å². The van der Waals surface area contributed by atoms with Gasteiger partial charge in [0, 0.05) is 13.1 Å². The summed E-state index contributed by atoms with van der Waals surface area (Å²) < 4.78 is 11.8. The third kappa shape index (κ3) is 5.34. The zero-order valence-corrected chi connectivity index (χ0v) is 15.5. The largest absolute Gasteiger partial charge is 0.493 e. The molecule has 0 aliphatic carbocycles. The molecule has 0 spiro atoms. The number of carbonyl (C=O) groups is 1. The predicted molar refractivity (Wildman–Crippen MR) is 100 cm³/mol. The summed E-state index contributed by atoms with van der Waals surface area (Å²) in [5.41, 5.74) is 2.34. The Bertz CT molecular complexity index is 744. The lowest BCUT2D eigenvalue weighted by Gasteiger charge is -2.14. The Morgan fingerprint density at radius 2 is 1.92 bits per heavy atom. The van der Waals surface area contributed by atoms with E-state index in [-0.39, 0.29) is 5.56 Å². The van der Waals surface area contributed by atoms with E-state index in [1.54, 1.807) is 37.5 Å². The summed E-state index contributed by atoms with van der Waals surface area (Å²) in [6.45, 7) is 5.31. The van der Waals surface area contributed by atoms with Gasteiger partial charge >= 0.3 is 5.97 Å². The summed E-state index contributed by atoms with van der Waals surface area (Å²) in [6, 6.07) is 10.7. The van der Waals surface area contributed by atoms with Gasteiger partial charge < -0.3 is 19.9 Å². The number of benzene rings is 2. The zero-order chi connectivity index (χ0) is 18.2. The standard InChI is InChI=1S/C19H20BrNO4/c1-3-8-25-18-16(20)9-14(10-17(18)24-2)12-21-11-13-4-6-15(7-5-13)19(22)23/h3-7,9-10,21H,1,8,11-12H2,2H3,(H,22,23). The van der Waals surface area contributed by atoms with E-state index in [0.717, 1.165) is 15.6 Å². The van der Waals surface area contributed by atoms with Gasteiger partial charge in [-0.1, -0.05) is 24.8 Å². The second-order valence-electron chi connectivity index (χ2n) is 5.31. The highest BCUT2D eigenvalue weighted by molar-refractivity contribution is 9.10. The molecule has 0 saturated heterocycles. The van der Waals surface area contributed by atoms with E-state index in [1.165, 1.54) is 0 Å². The molecule has 132 valence electrons. The smallest absolute Gasteiger partial charge is 0.335 e. The Labute approximate surface area is 155 Å². The third-order valence-electron chi connectivity index (χ3n) is 3.49. The maximum Gasteiger partial charge on any atom is 0.335 e. The summed E-state index contributed by atoms with van der Waals surface area (Å²) in [6.07, 6.45) is 1.68. The molecule has 25 heavy (non-hydrogen) atoms. The minimum absolute atomic E-state index is 0.285. The molecule has 0 unspecified atom stereocenters. The molecule has 0 heterocycles. The molecule has 0 saturated carbocycles. The highest BCUT2D eigenvalue weighted by atomic mass is 79.9. The normalized spacial score (nSPS) is 10.3. The second kappa shape index (κ2) is 9.25. The van der Waals surface area contributed by atoms with E-state index < -0.39 is 5.97 Å². The van der Waals surface area contributed by atoms with E-state index in [1.807, 2.05) is 12.1 Å². The van der Waals surface area contributed by atoms with Crippen LogP contribution in [0, 0.1) is 0 Å². The number of ether oxygens (including phenoxy) is 2. The molecule has 0 aliphatic heterocycles. The number of carboxylic acids is 1. The Morgan fingerprint density at radius 3 is 2.52 bits per heavy atom. The molecule has 2 N–H and O–H groups in total. The minimum atomic E-state index is -0.921. The van der Waals surface area contributed by atoms with E-state index in [9.17, 15) is 4.79 Å². The average molecular weight is 406 g/mol. The molecular formula is C19H20BrNO4. The van der Waals surface area contributed by atoms with Crippen molar-refractivity contribution >= 4 is 21.9 Å². The molecule has 0 aliphatic rings. The maximum atomic E-state index is 10.8. The lowest BCUT2D eigenvalue weighted by atomic mass is 10.1. The van der Waals surface area contributed by atoms with Crippen LogP contribution < -0.4 is 14.8 Å². The minimum Gasteiger partial charge on any atom is -0.493 e. The highest BCUT2D eigenvalue weighted by Gasteiger charge is 2.11. The fourth-order valence-electron chi connectivity index (χ4n) is 2.27. The summed E-state index contributed by atoms with van der Waals surface area (Å²) in [4.78, 5) is 10.8. The van der Waals surface area contributed by atoms with Crippen molar-refractivity contribution < 1.29 is 19.4 Å². The number of methoxy groups -OCH3 is 1. The first-order chi connectivity index (χ1) is 12.0. The average Bonchev–Trinajstić information content (AvgIpc) is 2.61. The maximum absolute atomic E-state index is 10.8. The fourth-order valence-corrected chi connectivity index (χ4v) is 2.88. The number of rotatable bonds is 9. The Kier molecular flexibility index (Phi) is 7.03. The van der Waals surface area contributed by atoms with Crippen molar-refractivity contribution in [2.75, 3.05) is 13.7 Å². The van der Waals surface area contributed by atoms with Gasteiger partial charge in [0.15, 0.2) is 11.5 Å². The van der Waals surface area contributed by atoms with Crippen molar-refractivity contribution in [3.05, 3.63) is 70.2 Å². The lowest BCUT2D eigenvalue weighted by molar-refractivity contribution is 0.0697. The van der Waals surface area contributed by atoms with Gasteiger partial charge in [0.05, 0.1) is 17.1 Å². The molecule has 5 nitrogen and oxygen atoms in total. The summed E-state index contributed by atoms with van der Waals surface area (Å²) in [7, 11) is 1.60. The number of nitrogens with one attached hydrogen (secondary N) is 1. The summed E-state index contributed by atoms with van der Waals surface area (Å²) >= 11 is 3.50. The van der Waals surface area contributed by atoms with Crippen LogP contribution in [0.2, 0.25) is 0 Å². The zero-order valence-electron chi connectivity index (χ0n) is 13.9. The van der Waals surface area contributed by atoms with E-state index >= 15 is 0 Å². The van der Waals surface area contributed by atoms with Crippen molar-refractivity contribution in [3.8, 4) is 11.5 Å². The van der Waals surface area contributed by atoms with Gasteiger partial charge in [0.1, 0.15) is 6.61 Å². The SMILES string of the molecule is C=CCOc1c(Br)cc(CNCc2ccc(C(=O)O)cc2)cc1OC. The van der Waals surface area contributed by atoms with E-state index in [4.69, 9.17) is 14.6 Å². The molecule has 0 fully saturated rings. The number of hydrogen-bond acceptors (Lipinski definition) is 4. The van der Waals surface area contributed by atoms with Crippen LogP contribution in [0.5, 0.6) is 11.5 Å². The molecule has 2 rings (SSSR count). The molecular weight excluding hydrogens is 386 g/mol. The van der Waals surface area contributed by atoms with Crippen LogP contribution >= 0.6 is 15.9 Å². The summed E-state index contributed by atoms with van der Waals surface area (Å²) in [5, 5.41) is 12.2. The first kappa shape index (κ1) is 19.0. The van der Waals surface area contributed by atoms with E-state index in [2.05, 4.69) is 27.8 Å². The molecule has 2 aromatic carbocycles. The van der Waals surface area contributed by atoms with Crippen LogP contribution in [0.1, 0.15) is 21.5 Å². The Hall–Kier alpha value is -2.31.